The standard InChI is InChI=1S/C9H24N2O6P2/c1-3-6-11(7-4-2)8-5-9(10,18(12,13)14)19(15,16)17/h3-8,10H2,1-2H3,(H2,12,13,14)(H2,15,16,17). The van der Waals surface area contributed by atoms with E-state index in [1.54, 1.807) is 0 Å². The minimum absolute atomic E-state index is 0.133. The molecule has 6 N–H and O–H groups in total. The zero-order valence-electron chi connectivity index (χ0n) is 11.3. The summed E-state index contributed by atoms with van der Waals surface area (Å²) in [7, 11) is -10.2. The summed E-state index contributed by atoms with van der Waals surface area (Å²) in [6.45, 7) is 5.40. The highest BCUT2D eigenvalue weighted by molar-refractivity contribution is 7.72. The first-order chi connectivity index (χ1) is 8.49. The average molecular weight is 318 g/mol. The molecule has 0 heterocycles. The van der Waals surface area contributed by atoms with Crippen LogP contribution in [-0.2, 0) is 9.13 Å². The molecular weight excluding hydrogens is 294 g/mol. The highest BCUT2D eigenvalue weighted by Crippen LogP contribution is 2.67. The Balaban J connectivity index is 4.96. The van der Waals surface area contributed by atoms with E-state index in [4.69, 9.17) is 25.3 Å². The van der Waals surface area contributed by atoms with Crippen LogP contribution in [0.3, 0.4) is 0 Å². The Bertz CT molecular complexity index is 338. The third-order valence-electron chi connectivity index (χ3n) is 2.88. The van der Waals surface area contributed by atoms with Crippen LogP contribution < -0.4 is 5.73 Å². The fraction of sp³-hybridized carbons (Fsp3) is 1.00. The monoisotopic (exact) mass is 318 g/mol. The molecule has 0 aliphatic rings. The molecule has 0 bridgehead atoms. The lowest BCUT2D eigenvalue weighted by Gasteiger charge is -2.32. The van der Waals surface area contributed by atoms with Gasteiger partial charge < -0.3 is 30.2 Å². The van der Waals surface area contributed by atoms with E-state index in [-0.39, 0.29) is 6.54 Å². The smallest absolute Gasteiger partial charge is 0.323 e. The lowest BCUT2D eigenvalue weighted by molar-refractivity contribution is 0.245. The van der Waals surface area contributed by atoms with Crippen molar-refractivity contribution in [3.05, 3.63) is 0 Å². The molecule has 0 radical (unpaired) electrons. The normalized spacial score (nSPS) is 14.1. The van der Waals surface area contributed by atoms with Crippen LogP contribution in [0.25, 0.3) is 0 Å². The highest BCUT2D eigenvalue weighted by Gasteiger charge is 2.56. The fourth-order valence-corrected chi connectivity index (χ4v) is 3.89. The maximum absolute atomic E-state index is 11.3. The second-order valence-electron chi connectivity index (χ2n) is 4.56. The first kappa shape index (κ1) is 19.2. The van der Waals surface area contributed by atoms with E-state index < -0.39 is 26.6 Å². The number of nitrogens with zero attached hydrogens (tertiary/aromatic N) is 1. The number of hydrogen-bond acceptors (Lipinski definition) is 4. The Kier molecular flexibility index (Phi) is 7.38. The van der Waals surface area contributed by atoms with Crippen molar-refractivity contribution in [3.8, 4) is 0 Å². The van der Waals surface area contributed by atoms with Crippen LogP contribution in [0.15, 0.2) is 0 Å². The molecule has 0 atom stereocenters. The summed E-state index contributed by atoms with van der Waals surface area (Å²) in [6.07, 6.45) is 1.22. The summed E-state index contributed by atoms with van der Waals surface area (Å²) < 4.78 is 22.6. The Morgan fingerprint density at radius 3 is 1.58 bits per heavy atom. The van der Waals surface area contributed by atoms with Gasteiger partial charge in [0.1, 0.15) is 0 Å². The van der Waals surface area contributed by atoms with Crippen molar-refractivity contribution >= 4 is 15.2 Å². The summed E-state index contributed by atoms with van der Waals surface area (Å²) in [5.41, 5.74) is 5.34. The SMILES string of the molecule is CCCN(CCC)CCC(N)(P(=O)(O)O)P(=O)(O)O. The topological polar surface area (TPSA) is 144 Å². The van der Waals surface area contributed by atoms with Crippen molar-refractivity contribution in [1.29, 1.82) is 0 Å². The van der Waals surface area contributed by atoms with Crippen LogP contribution in [0.1, 0.15) is 33.1 Å². The predicted octanol–water partition coefficient (Wildman–Crippen LogP) is 0.466. The first-order valence-electron chi connectivity index (χ1n) is 6.12. The Morgan fingerprint density at radius 1 is 0.947 bits per heavy atom. The minimum atomic E-state index is -5.12. The van der Waals surface area contributed by atoms with Gasteiger partial charge in [-0.05, 0) is 25.9 Å². The minimum Gasteiger partial charge on any atom is -0.323 e. The second kappa shape index (κ2) is 7.29. The van der Waals surface area contributed by atoms with Gasteiger partial charge in [-0.1, -0.05) is 13.8 Å². The molecule has 0 spiro atoms. The molecule has 0 amide bonds. The van der Waals surface area contributed by atoms with Gasteiger partial charge in [0.05, 0.1) is 0 Å². The molecule has 0 rings (SSSR count). The van der Waals surface area contributed by atoms with Gasteiger partial charge in [0.2, 0.25) is 5.02 Å². The van der Waals surface area contributed by atoms with Gasteiger partial charge >= 0.3 is 15.2 Å². The van der Waals surface area contributed by atoms with Crippen molar-refractivity contribution in [1.82, 2.24) is 4.90 Å². The van der Waals surface area contributed by atoms with E-state index in [0.29, 0.717) is 13.1 Å². The van der Waals surface area contributed by atoms with E-state index >= 15 is 0 Å². The van der Waals surface area contributed by atoms with Crippen molar-refractivity contribution < 1.29 is 28.7 Å². The molecular formula is C9H24N2O6P2. The Morgan fingerprint density at radius 2 is 1.32 bits per heavy atom. The van der Waals surface area contributed by atoms with Crippen LogP contribution in [0.2, 0.25) is 0 Å². The molecule has 0 aliphatic carbocycles. The van der Waals surface area contributed by atoms with Gasteiger partial charge in [-0.2, -0.15) is 0 Å². The predicted molar refractivity (Wildman–Crippen MR) is 72.6 cm³/mol. The molecule has 0 saturated carbocycles. The van der Waals surface area contributed by atoms with E-state index in [0.717, 1.165) is 12.8 Å². The zero-order valence-corrected chi connectivity index (χ0v) is 13.1. The van der Waals surface area contributed by atoms with Crippen molar-refractivity contribution in [2.75, 3.05) is 19.6 Å². The summed E-state index contributed by atoms with van der Waals surface area (Å²) in [5, 5.41) is -2.81. The molecule has 0 aliphatic heterocycles. The van der Waals surface area contributed by atoms with Gasteiger partial charge in [-0.25, -0.2) is 0 Å². The van der Waals surface area contributed by atoms with Crippen LogP contribution in [-0.4, -0.2) is 49.1 Å². The molecule has 19 heavy (non-hydrogen) atoms. The van der Waals surface area contributed by atoms with Crippen LogP contribution in [0, 0.1) is 0 Å². The quantitative estimate of drug-likeness (QED) is 0.386. The number of rotatable bonds is 9. The lowest BCUT2D eigenvalue weighted by Crippen LogP contribution is -2.43. The maximum atomic E-state index is 11.3. The van der Waals surface area contributed by atoms with E-state index in [9.17, 15) is 9.13 Å². The van der Waals surface area contributed by atoms with Crippen molar-refractivity contribution in [2.24, 2.45) is 5.73 Å². The van der Waals surface area contributed by atoms with Gasteiger partial charge in [0, 0.05) is 13.0 Å². The zero-order chi connectivity index (χ0) is 15.3. The van der Waals surface area contributed by atoms with Crippen LogP contribution in [0.5, 0.6) is 0 Å². The molecule has 0 unspecified atom stereocenters. The molecule has 0 fully saturated rings. The molecule has 8 nitrogen and oxygen atoms in total. The summed E-state index contributed by atoms with van der Waals surface area (Å²) in [4.78, 5) is 38.4. The molecule has 0 aromatic carbocycles. The largest absolute Gasteiger partial charge is 0.357 e. The second-order valence-corrected chi connectivity index (χ2v) is 8.68. The van der Waals surface area contributed by atoms with Crippen LogP contribution in [0.4, 0.5) is 0 Å². The number of nitrogens with two attached hydrogens (primary N) is 1. The lowest BCUT2D eigenvalue weighted by atomic mass is 10.3. The van der Waals surface area contributed by atoms with Crippen LogP contribution >= 0.6 is 15.2 Å². The van der Waals surface area contributed by atoms with E-state index in [2.05, 4.69) is 0 Å². The van der Waals surface area contributed by atoms with Gasteiger partial charge in [-0.3, -0.25) is 9.13 Å². The molecule has 0 aromatic heterocycles. The van der Waals surface area contributed by atoms with E-state index in [1.807, 2.05) is 18.7 Å². The Hall–Kier alpha value is 0.220. The maximum Gasteiger partial charge on any atom is 0.357 e. The van der Waals surface area contributed by atoms with Gasteiger partial charge in [0.25, 0.3) is 0 Å². The van der Waals surface area contributed by atoms with Gasteiger partial charge in [-0.15, -0.1) is 0 Å². The molecule has 116 valence electrons. The molecule has 10 heteroatoms. The highest BCUT2D eigenvalue weighted by atomic mass is 31.2. The summed E-state index contributed by atoms with van der Waals surface area (Å²) in [6, 6.07) is 0. The van der Waals surface area contributed by atoms with Crippen molar-refractivity contribution in [3.63, 3.8) is 0 Å². The molecule has 0 saturated heterocycles. The third-order valence-corrected chi connectivity index (χ3v) is 6.91. The van der Waals surface area contributed by atoms with Gasteiger partial charge in [0.15, 0.2) is 0 Å². The summed E-state index contributed by atoms with van der Waals surface area (Å²) in [5.74, 6) is 0. The average Bonchev–Trinajstić information content (AvgIpc) is 2.22. The first-order valence-corrected chi connectivity index (χ1v) is 9.34. The van der Waals surface area contributed by atoms with E-state index in [1.165, 1.54) is 0 Å². The fourth-order valence-electron chi connectivity index (χ4n) is 1.75. The van der Waals surface area contributed by atoms with Crippen molar-refractivity contribution in [2.45, 2.75) is 38.1 Å². The third kappa shape index (κ3) is 5.25. The summed E-state index contributed by atoms with van der Waals surface area (Å²) >= 11 is 0. The molecule has 0 aromatic rings. The number of hydrogen-bond donors (Lipinski definition) is 5. The Labute approximate surface area is 113 Å².